The zero-order chi connectivity index (χ0) is 17.9. The van der Waals surface area contributed by atoms with E-state index < -0.39 is 0 Å². The molecule has 0 aromatic carbocycles. The Bertz CT molecular complexity index is 534. The van der Waals surface area contributed by atoms with Crippen molar-refractivity contribution in [3.8, 4) is 0 Å². The summed E-state index contributed by atoms with van der Waals surface area (Å²) in [4.78, 5) is 18.9. The molecule has 148 valence electrons. The van der Waals surface area contributed by atoms with E-state index in [-0.39, 0.29) is 42.5 Å². The first-order valence-corrected chi connectivity index (χ1v) is 9.47. The Labute approximate surface area is 176 Å². The molecular weight excluding hydrogens is 467 g/mol. The first kappa shape index (κ1) is 23.1. The van der Waals surface area contributed by atoms with Crippen molar-refractivity contribution >= 4 is 47.2 Å². The number of carbonyl (C=O) groups excluding carboxylic acids is 1. The number of rotatable bonds is 9. The molecule has 1 amide bonds. The molecule has 1 fully saturated rings. The Kier molecular flexibility index (Phi) is 11.8. The van der Waals surface area contributed by atoms with Gasteiger partial charge in [-0.25, -0.2) is 4.99 Å². The average Bonchev–Trinajstić information content (AvgIpc) is 3.29. The van der Waals surface area contributed by atoms with Gasteiger partial charge in [-0.1, -0.05) is 6.07 Å². The average molecular weight is 496 g/mol. The van der Waals surface area contributed by atoms with Gasteiger partial charge in [-0.2, -0.15) is 0 Å². The highest BCUT2D eigenvalue weighted by atomic mass is 127. The van der Waals surface area contributed by atoms with Crippen molar-refractivity contribution in [3.05, 3.63) is 22.4 Å². The summed E-state index contributed by atoms with van der Waals surface area (Å²) in [5, 5.41) is 8.57. The molecule has 2 rings (SSSR count). The summed E-state index contributed by atoms with van der Waals surface area (Å²) in [7, 11) is 3.46. The van der Waals surface area contributed by atoms with E-state index in [4.69, 9.17) is 9.47 Å². The molecule has 9 heteroatoms. The molecule has 1 aliphatic heterocycles. The molecule has 2 N–H and O–H groups in total. The number of carbonyl (C=O) groups is 1. The van der Waals surface area contributed by atoms with Crippen LogP contribution in [0.15, 0.2) is 22.5 Å². The fraction of sp³-hybridized carbons (Fsp3) is 0.647. The minimum Gasteiger partial charge on any atom is -0.379 e. The number of nitrogens with one attached hydrogen (secondary N) is 2. The summed E-state index contributed by atoms with van der Waals surface area (Å²) in [5.41, 5.74) is 0. The Morgan fingerprint density at radius 2 is 2.31 bits per heavy atom. The van der Waals surface area contributed by atoms with Crippen LogP contribution in [0.1, 0.15) is 17.7 Å². The molecule has 0 bridgehead atoms. The molecular formula is C17H29IN4O3S. The zero-order valence-electron chi connectivity index (χ0n) is 15.4. The maximum Gasteiger partial charge on any atom is 0.243 e. The molecule has 1 aliphatic rings. The molecule has 1 atom stereocenters. The summed E-state index contributed by atoms with van der Waals surface area (Å²) < 4.78 is 11.0. The van der Waals surface area contributed by atoms with Crippen LogP contribution in [0.3, 0.4) is 0 Å². The van der Waals surface area contributed by atoms with Crippen LogP contribution in [-0.2, 0) is 20.8 Å². The van der Waals surface area contributed by atoms with Crippen LogP contribution in [0, 0.1) is 0 Å². The van der Waals surface area contributed by atoms with E-state index in [1.54, 1.807) is 25.4 Å². The summed E-state index contributed by atoms with van der Waals surface area (Å²) in [5.74, 6) is 0.620. The molecule has 26 heavy (non-hydrogen) atoms. The van der Waals surface area contributed by atoms with Gasteiger partial charge in [-0.3, -0.25) is 4.79 Å². The van der Waals surface area contributed by atoms with E-state index in [1.165, 1.54) is 9.78 Å². The largest absolute Gasteiger partial charge is 0.379 e. The van der Waals surface area contributed by atoms with E-state index in [0.717, 1.165) is 26.0 Å². The summed E-state index contributed by atoms with van der Waals surface area (Å²) in [6.45, 7) is 3.75. The fourth-order valence-corrected chi connectivity index (χ4v) is 2.86. The van der Waals surface area contributed by atoms with Crippen molar-refractivity contribution in [3.63, 3.8) is 0 Å². The van der Waals surface area contributed by atoms with Gasteiger partial charge in [0.15, 0.2) is 5.96 Å². The topological polar surface area (TPSA) is 75.2 Å². The lowest BCUT2D eigenvalue weighted by atomic mass is 10.3. The lowest BCUT2D eigenvalue weighted by molar-refractivity contribution is -0.127. The molecule has 7 nitrogen and oxygen atoms in total. The predicted octanol–water partition coefficient (Wildman–Crippen LogP) is 1.69. The quantitative estimate of drug-likeness (QED) is 0.236. The summed E-state index contributed by atoms with van der Waals surface area (Å²) in [6.07, 6.45) is 2.09. The number of halogens is 1. The molecule has 0 radical (unpaired) electrons. The van der Waals surface area contributed by atoms with Gasteiger partial charge in [-0.05, 0) is 24.3 Å². The maximum absolute atomic E-state index is 11.7. The third kappa shape index (κ3) is 9.15. The van der Waals surface area contributed by atoms with Crippen LogP contribution >= 0.6 is 35.3 Å². The Morgan fingerprint density at radius 1 is 1.46 bits per heavy atom. The smallest absolute Gasteiger partial charge is 0.243 e. The second-order valence-electron chi connectivity index (χ2n) is 6.02. The van der Waals surface area contributed by atoms with Gasteiger partial charge in [0.05, 0.1) is 19.3 Å². The van der Waals surface area contributed by atoms with Crippen LogP contribution in [0.5, 0.6) is 0 Å². The number of nitrogens with zero attached hydrogens (tertiary/aromatic N) is 2. The monoisotopic (exact) mass is 496 g/mol. The second kappa shape index (κ2) is 13.3. The number of aliphatic imine (C=N–C) groups is 1. The molecule has 1 aromatic heterocycles. The number of guanidine groups is 1. The van der Waals surface area contributed by atoms with Gasteiger partial charge in [0.1, 0.15) is 6.54 Å². The van der Waals surface area contributed by atoms with Crippen molar-refractivity contribution in [2.24, 2.45) is 4.99 Å². The Hall–Kier alpha value is -0.910. The number of likely N-dealkylation sites (N-methyl/N-ethyl adjacent to an activating group) is 1. The van der Waals surface area contributed by atoms with Crippen LogP contribution in [-0.4, -0.2) is 69.9 Å². The van der Waals surface area contributed by atoms with E-state index in [9.17, 15) is 4.79 Å². The molecule has 0 spiro atoms. The van der Waals surface area contributed by atoms with Gasteiger partial charge >= 0.3 is 0 Å². The van der Waals surface area contributed by atoms with Crippen molar-refractivity contribution in [2.75, 3.05) is 47.0 Å². The number of hydrogen-bond donors (Lipinski definition) is 2. The van der Waals surface area contributed by atoms with Crippen LogP contribution in [0.2, 0.25) is 0 Å². The van der Waals surface area contributed by atoms with E-state index in [2.05, 4.69) is 21.7 Å². The Morgan fingerprint density at radius 3 is 2.96 bits per heavy atom. The summed E-state index contributed by atoms with van der Waals surface area (Å²) >= 11 is 1.69. The Balaban J connectivity index is 0.00000338. The van der Waals surface area contributed by atoms with E-state index >= 15 is 0 Å². The molecule has 0 aliphatic carbocycles. The van der Waals surface area contributed by atoms with Gasteiger partial charge < -0.3 is 25.0 Å². The van der Waals surface area contributed by atoms with E-state index in [0.29, 0.717) is 25.7 Å². The van der Waals surface area contributed by atoms with Gasteiger partial charge in [0.2, 0.25) is 5.91 Å². The number of hydrogen-bond acceptors (Lipinski definition) is 5. The SMILES string of the molecule is CN(C)C(=O)CN=C(NCCCOC1CCOC1)NCc1cccs1.I. The minimum absolute atomic E-state index is 0. The minimum atomic E-state index is -0.0261. The number of amides is 1. The highest BCUT2D eigenvalue weighted by Crippen LogP contribution is 2.08. The third-order valence-electron chi connectivity index (χ3n) is 3.74. The second-order valence-corrected chi connectivity index (χ2v) is 7.05. The highest BCUT2D eigenvalue weighted by molar-refractivity contribution is 14.0. The van der Waals surface area contributed by atoms with E-state index in [1.807, 2.05) is 11.4 Å². The first-order valence-electron chi connectivity index (χ1n) is 8.59. The number of ether oxygens (including phenoxy) is 2. The molecule has 2 heterocycles. The normalized spacial score (nSPS) is 16.8. The first-order chi connectivity index (χ1) is 12.1. The molecule has 1 unspecified atom stereocenters. The predicted molar refractivity (Wildman–Crippen MR) is 115 cm³/mol. The number of thiophene rings is 1. The van der Waals surface area contributed by atoms with Crippen molar-refractivity contribution in [2.45, 2.75) is 25.5 Å². The van der Waals surface area contributed by atoms with Crippen LogP contribution < -0.4 is 10.6 Å². The standard InChI is InChI=1S/C17H28N4O3S.HI/c1-21(2)16(22)12-20-17(19-11-15-5-3-10-25-15)18-7-4-8-24-14-6-9-23-13-14;/h3,5,10,14H,4,6-9,11-13H2,1-2H3,(H2,18,19,20);1H. The van der Waals surface area contributed by atoms with Gasteiger partial charge in [0, 0.05) is 38.7 Å². The molecule has 0 saturated carbocycles. The lowest BCUT2D eigenvalue weighted by Crippen LogP contribution is -2.38. The van der Waals surface area contributed by atoms with Gasteiger partial charge in [0.25, 0.3) is 0 Å². The summed E-state index contributed by atoms with van der Waals surface area (Å²) in [6, 6.07) is 4.09. The van der Waals surface area contributed by atoms with Crippen molar-refractivity contribution in [1.82, 2.24) is 15.5 Å². The van der Waals surface area contributed by atoms with Crippen molar-refractivity contribution in [1.29, 1.82) is 0 Å². The third-order valence-corrected chi connectivity index (χ3v) is 4.61. The highest BCUT2D eigenvalue weighted by Gasteiger charge is 2.15. The van der Waals surface area contributed by atoms with Gasteiger partial charge in [-0.15, -0.1) is 35.3 Å². The zero-order valence-corrected chi connectivity index (χ0v) is 18.5. The lowest BCUT2D eigenvalue weighted by Gasteiger charge is -2.14. The van der Waals surface area contributed by atoms with Crippen LogP contribution in [0.4, 0.5) is 0 Å². The van der Waals surface area contributed by atoms with Crippen LogP contribution in [0.25, 0.3) is 0 Å². The van der Waals surface area contributed by atoms with Crippen molar-refractivity contribution < 1.29 is 14.3 Å². The maximum atomic E-state index is 11.7. The molecule has 1 aromatic rings. The fourth-order valence-electron chi connectivity index (χ4n) is 2.22. The molecule has 1 saturated heterocycles.